The Morgan fingerprint density at radius 3 is 2.63 bits per heavy atom. The van der Waals surface area contributed by atoms with Crippen LogP contribution < -0.4 is 5.73 Å². The molecule has 2 aliphatic carbocycles. The Morgan fingerprint density at radius 1 is 1.32 bits per heavy atom. The summed E-state index contributed by atoms with van der Waals surface area (Å²) in [6.45, 7) is 1.50. The van der Waals surface area contributed by atoms with Gasteiger partial charge in [0.1, 0.15) is 5.82 Å². The summed E-state index contributed by atoms with van der Waals surface area (Å²) in [5.41, 5.74) is 6.59. The average Bonchev–Trinajstić information content (AvgIpc) is 3.26. The highest BCUT2D eigenvalue weighted by molar-refractivity contribution is 6.30. The molecule has 4 heteroatoms. The van der Waals surface area contributed by atoms with Crippen LogP contribution in [0.25, 0.3) is 0 Å². The molecule has 1 aromatic rings. The van der Waals surface area contributed by atoms with Crippen molar-refractivity contribution in [2.45, 2.75) is 37.8 Å². The Labute approximate surface area is 118 Å². The van der Waals surface area contributed by atoms with Crippen molar-refractivity contribution in [2.75, 3.05) is 13.1 Å². The molecule has 2 fully saturated rings. The van der Waals surface area contributed by atoms with E-state index in [4.69, 9.17) is 17.3 Å². The molecule has 0 saturated heterocycles. The lowest BCUT2D eigenvalue weighted by Gasteiger charge is -2.31. The molecule has 3 rings (SSSR count). The predicted molar refractivity (Wildman–Crippen MR) is 75.7 cm³/mol. The fraction of sp³-hybridized carbons (Fsp3) is 0.600. The Kier molecular flexibility index (Phi) is 3.79. The maximum atomic E-state index is 14.1. The average molecular weight is 283 g/mol. The minimum absolute atomic E-state index is 0.0354. The zero-order chi connectivity index (χ0) is 13.4. The van der Waals surface area contributed by atoms with Gasteiger partial charge < -0.3 is 5.73 Å². The summed E-state index contributed by atoms with van der Waals surface area (Å²) in [5, 5.41) is 0.581. The smallest absolute Gasteiger partial charge is 0.128 e. The third-order valence-electron chi connectivity index (χ3n) is 4.12. The third-order valence-corrected chi connectivity index (χ3v) is 4.36. The van der Waals surface area contributed by atoms with Crippen molar-refractivity contribution in [1.29, 1.82) is 0 Å². The minimum Gasteiger partial charge on any atom is -0.329 e. The largest absolute Gasteiger partial charge is 0.329 e. The molecule has 1 aromatic carbocycles. The molecule has 0 aromatic heterocycles. The van der Waals surface area contributed by atoms with Gasteiger partial charge >= 0.3 is 0 Å². The summed E-state index contributed by atoms with van der Waals surface area (Å²) in [6.07, 6.45) is 5.04. The van der Waals surface area contributed by atoms with Gasteiger partial charge in [0.15, 0.2) is 0 Å². The molecule has 2 nitrogen and oxygen atoms in total. The molecule has 0 bridgehead atoms. The number of hydrogen-bond acceptors (Lipinski definition) is 2. The van der Waals surface area contributed by atoms with E-state index in [2.05, 4.69) is 4.90 Å². The Hall–Kier alpha value is -0.640. The zero-order valence-electron chi connectivity index (χ0n) is 11.0. The van der Waals surface area contributed by atoms with Crippen LogP contribution in [-0.2, 0) is 0 Å². The van der Waals surface area contributed by atoms with Crippen molar-refractivity contribution in [1.82, 2.24) is 4.90 Å². The molecule has 2 N–H and O–H groups in total. The molecule has 104 valence electrons. The predicted octanol–water partition coefficient (Wildman–Crippen LogP) is 3.35. The lowest BCUT2D eigenvalue weighted by atomic mass is 10.0. The van der Waals surface area contributed by atoms with Crippen molar-refractivity contribution in [2.24, 2.45) is 11.7 Å². The second-order valence-electron chi connectivity index (χ2n) is 5.79. The van der Waals surface area contributed by atoms with Crippen molar-refractivity contribution in [3.63, 3.8) is 0 Å². The van der Waals surface area contributed by atoms with E-state index in [0.29, 0.717) is 23.2 Å². The van der Waals surface area contributed by atoms with Crippen LogP contribution in [0.2, 0.25) is 5.02 Å². The van der Waals surface area contributed by atoms with Crippen molar-refractivity contribution in [3.8, 4) is 0 Å². The number of rotatable bonds is 6. The van der Waals surface area contributed by atoms with Gasteiger partial charge in [-0.25, -0.2) is 4.39 Å². The molecule has 19 heavy (non-hydrogen) atoms. The maximum Gasteiger partial charge on any atom is 0.128 e. The Morgan fingerprint density at radius 2 is 2.05 bits per heavy atom. The summed E-state index contributed by atoms with van der Waals surface area (Å²) in [4.78, 5) is 2.41. The molecule has 0 aliphatic heterocycles. The Bertz CT molecular complexity index is 457. The minimum atomic E-state index is -0.193. The topological polar surface area (TPSA) is 29.3 Å². The van der Waals surface area contributed by atoms with Crippen LogP contribution in [0.1, 0.15) is 37.3 Å². The molecular formula is C15H20ClFN2. The third kappa shape index (κ3) is 3.10. The van der Waals surface area contributed by atoms with Gasteiger partial charge in [0.05, 0.1) is 6.04 Å². The first-order chi connectivity index (χ1) is 9.19. The van der Waals surface area contributed by atoms with E-state index in [9.17, 15) is 4.39 Å². The van der Waals surface area contributed by atoms with Crippen LogP contribution >= 0.6 is 11.6 Å². The second kappa shape index (κ2) is 5.39. The molecule has 0 spiro atoms. The Balaban J connectivity index is 1.85. The van der Waals surface area contributed by atoms with Gasteiger partial charge in [0, 0.05) is 29.7 Å². The number of halogens is 2. The van der Waals surface area contributed by atoms with Crippen molar-refractivity contribution >= 4 is 11.6 Å². The number of hydrogen-bond donors (Lipinski definition) is 1. The van der Waals surface area contributed by atoms with Gasteiger partial charge in [0.2, 0.25) is 0 Å². The molecule has 0 amide bonds. The summed E-state index contributed by atoms with van der Waals surface area (Å²) in [7, 11) is 0. The van der Waals surface area contributed by atoms with Gasteiger partial charge in [0.25, 0.3) is 0 Å². The first-order valence-corrected chi connectivity index (χ1v) is 7.47. The second-order valence-corrected chi connectivity index (χ2v) is 6.23. The monoisotopic (exact) mass is 282 g/mol. The highest BCUT2D eigenvalue weighted by Gasteiger charge is 2.38. The van der Waals surface area contributed by atoms with Crippen LogP contribution in [0.3, 0.4) is 0 Å². The first-order valence-electron chi connectivity index (χ1n) is 7.10. The van der Waals surface area contributed by atoms with Crippen LogP contribution in [0.4, 0.5) is 4.39 Å². The van der Waals surface area contributed by atoms with E-state index in [1.54, 1.807) is 12.1 Å². The normalized spacial score (nSPS) is 20.8. The summed E-state index contributed by atoms with van der Waals surface area (Å²) >= 11 is 6.01. The number of nitrogens with two attached hydrogens (primary N) is 1. The van der Waals surface area contributed by atoms with Crippen molar-refractivity contribution < 1.29 is 4.39 Å². The fourth-order valence-electron chi connectivity index (χ4n) is 2.75. The van der Waals surface area contributed by atoms with E-state index in [0.717, 1.165) is 12.5 Å². The lowest BCUT2D eigenvalue weighted by Crippen LogP contribution is -2.37. The molecule has 1 unspecified atom stereocenters. The number of benzene rings is 1. The highest BCUT2D eigenvalue weighted by atomic mass is 35.5. The van der Waals surface area contributed by atoms with E-state index in [1.807, 2.05) is 0 Å². The van der Waals surface area contributed by atoms with Gasteiger partial charge in [-0.05, 0) is 49.8 Å². The van der Waals surface area contributed by atoms with Gasteiger partial charge in [-0.1, -0.05) is 11.6 Å². The molecule has 0 heterocycles. The molecule has 2 aliphatic rings. The van der Waals surface area contributed by atoms with Crippen LogP contribution in [0.15, 0.2) is 18.2 Å². The highest BCUT2D eigenvalue weighted by Crippen LogP contribution is 2.40. The summed E-state index contributed by atoms with van der Waals surface area (Å²) < 4.78 is 14.1. The van der Waals surface area contributed by atoms with Gasteiger partial charge in [-0.2, -0.15) is 0 Å². The zero-order valence-corrected chi connectivity index (χ0v) is 11.7. The van der Waals surface area contributed by atoms with E-state index >= 15 is 0 Å². The molecule has 1 atom stereocenters. The van der Waals surface area contributed by atoms with Crippen LogP contribution in [0.5, 0.6) is 0 Å². The quantitative estimate of drug-likeness (QED) is 0.867. The van der Waals surface area contributed by atoms with Crippen LogP contribution in [-0.4, -0.2) is 24.0 Å². The summed E-state index contributed by atoms with van der Waals surface area (Å²) in [6, 6.07) is 5.33. The fourth-order valence-corrected chi connectivity index (χ4v) is 2.93. The maximum absolute atomic E-state index is 14.1. The number of nitrogens with zero attached hydrogens (tertiary/aromatic N) is 1. The lowest BCUT2D eigenvalue weighted by molar-refractivity contribution is 0.179. The van der Waals surface area contributed by atoms with Gasteiger partial charge in [-0.3, -0.25) is 4.90 Å². The van der Waals surface area contributed by atoms with Crippen LogP contribution in [0, 0.1) is 11.7 Å². The SMILES string of the molecule is NCC(c1cc(Cl)ccc1F)N(CC1CC1)C1CC1. The molecule has 0 radical (unpaired) electrons. The first kappa shape index (κ1) is 13.3. The van der Waals surface area contributed by atoms with E-state index in [-0.39, 0.29) is 11.9 Å². The standard InChI is InChI=1S/C15H20ClFN2/c16-11-3-6-14(17)13(7-11)15(8-18)19(12-4-5-12)9-10-1-2-10/h3,6-7,10,12,15H,1-2,4-5,8-9,18H2. The van der Waals surface area contributed by atoms with Gasteiger partial charge in [-0.15, -0.1) is 0 Å². The molecular weight excluding hydrogens is 263 g/mol. The van der Waals surface area contributed by atoms with E-state index in [1.165, 1.54) is 31.7 Å². The summed E-state index contributed by atoms with van der Waals surface area (Å²) in [5.74, 6) is 0.596. The molecule has 2 saturated carbocycles. The van der Waals surface area contributed by atoms with Crippen molar-refractivity contribution in [3.05, 3.63) is 34.6 Å². The van der Waals surface area contributed by atoms with E-state index < -0.39 is 0 Å².